The Morgan fingerprint density at radius 1 is 1.40 bits per heavy atom. The van der Waals surface area contributed by atoms with Gasteiger partial charge in [-0.25, -0.2) is 8.78 Å². The van der Waals surface area contributed by atoms with Gasteiger partial charge in [0.25, 0.3) is 12.3 Å². The second-order valence-corrected chi connectivity index (χ2v) is 4.79. The maximum atomic E-state index is 12.4. The van der Waals surface area contributed by atoms with E-state index in [1.54, 1.807) is 6.07 Å². The number of nitrogens with zero attached hydrogens (tertiary/aromatic N) is 1. The lowest BCUT2D eigenvalue weighted by atomic mass is 9.96. The minimum Gasteiger partial charge on any atom is -0.391 e. The predicted molar refractivity (Wildman–Crippen MR) is 72.8 cm³/mol. The van der Waals surface area contributed by atoms with Gasteiger partial charge in [-0.1, -0.05) is 26.7 Å². The summed E-state index contributed by atoms with van der Waals surface area (Å²) in [6.45, 7) is 3.58. The number of aliphatic hydroxyl groups excluding tert-OH is 1. The second kappa shape index (κ2) is 7.99. The zero-order valence-corrected chi connectivity index (χ0v) is 11.9. The molecule has 4 nitrogen and oxygen atoms in total. The third kappa shape index (κ3) is 4.59. The third-order valence-electron chi connectivity index (χ3n) is 3.46. The van der Waals surface area contributed by atoms with Crippen LogP contribution in [-0.2, 0) is 6.54 Å². The van der Waals surface area contributed by atoms with E-state index in [-0.39, 0.29) is 18.2 Å². The molecule has 2 N–H and O–H groups in total. The van der Waals surface area contributed by atoms with Gasteiger partial charge in [-0.15, -0.1) is 0 Å². The number of hydrogen-bond acceptors (Lipinski definition) is 2. The molecule has 0 aromatic carbocycles. The summed E-state index contributed by atoms with van der Waals surface area (Å²) in [5.74, 6) is -0.316. The van der Waals surface area contributed by atoms with Crippen LogP contribution in [0.1, 0.15) is 37.2 Å². The normalized spacial score (nSPS) is 12.9. The van der Waals surface area contributed by atoms with Gasteiger partial charge in [-0.05, 0) is 18.1 Å². The molecule has 1 heterocycles. The predicted octanol–water partition coefficient (Wildman–Crippen LogP) is 2.28. The number of nitrogens with one attached hydrogen (secondary N) is 1. The molecule has 0 saturated heterocycles. The minimum atomic E-state index is -2.51. The molecule has 0 bridgehead atoms. The standard InChI is InChI=1S/C14H22F2N2O2/c1-3-10(4-2)12(19)8-17-14(20)11-6-5-7-18(11)9-13(15)16/h5-7,10,12-13,19H,3-4,8-9H2,1-2H3,(H,17,20). The number of halogens is 2. The van der Waals surface area contributed by atoms with Crippen LogP contribution in [0.5, 0.6) is 0 Å². The van der Waals surface area contributed by atoms with Crippen molar-refractivity contribution in [1.29, 1.82) is 0 Å². The highest BCUT2D eigenvalue weighted by Gasteiger charge is 2.18. The lowest BCUT2D eigenvalue weighted by Gasteiger charge is -2.20. The molecule has 0 spiro atoms. The van der Waals surface area contributed by atoms with Crippen LogP contribution in [0.25, 0.3) is 0 Å². The molecule has 0 aliphatic heterocycles. The first kappa shape index (κ1) is 16.6. The lowest BCUT2D eigenvalue weighted by Crippen LogP contribution is -2.37. The van der Waals surface area contributed by atoms with Crippen molar-refractivity contribution in [3.63, 3.8) is 0 Å². The second-order valence-electron chi connectivity index (χ2n) is 4.79. The SMILES string of the molecule is CCC(CC)C(O)CNC(=O)c1cccn1CC(F)F. The Balaban J connectivity index is 2.57. The first-order chi connectivity index (χ1) is 9.49. The molecule has 1 atom stereocenters. The molecule has 1 rings (SSSR count). The molecule has 1 aromatic heterocycles. The van der Waals surface area contributed by atoms with E-state index in [0.29, 0.717) is 0 Å². The summed E-state index contributed by atoms with van der Waals surface area (Å²) in [5, 5.41) is 12.5. The molecule has 0 aliphatic carbocycles. The fourth-order valence-corrected chi connectivity index (χ4v) is 2.22. The van der Waals surface area contributed by atoms with Crippen LogP contribution < -0.4 is 5.32 Å². The summed E-state index contributed by atoms with van der Waals surface area (Å²) in [4.78, 5) is 11.9. The molecule has 1 aromatic rings. The van der Waals surface area contributed by atoms with E-state index < -0.39 is 25.0 Å². The zero-order valence-electron chi connectivity index (χ0n) is 11.9. The van der Waals surface area contributed by atoms with Crippen LogP contribution in [0.2, 0.25) is 0 Å². The van der Waals surface area contributed by atoms with Crippen LogP contribution in [-0.4, -0.2) is 34.7 Å². The van der Waals surface area contributed by atoms with Crippen molar-refractivity contribution in [2.24, 2.45) is 5.92 Å². The van der Waals surface area contributed by atoms with Crippen molar-refractivity contribution in [3.8, 4) is 0 Å². The van der Waals surface area contributed by atoms with Gasteiger partial charge in [-0.3, -0.25) is 4.79 Å². The van der Waals surface area contributed by atoms with Gasteiger partial charge in [0.05, 0.1) is 12.6 Å². The highest BCUT2D eigenvalue weighted by Crippen LogP contribution is 2.12. The molecule has 0 aliphatic rings. The van der Waals surface area contributed by atoms with Crippen LogP contribution in [0.3, 0.4) is 0 Å². The van der Waals surface area contributed by atoms with Gasteiger partial charge in [0.15, 0.2) is 0 Å². The summed E-state index contributed by atoms with van der Waals surface area (Å²) in [6.07, 6.45) is -0.0280. The molecular weight excluding hydrogens is 266 g/mol. The Bertz CT molecular complexity index is 417. The molecule has 1 unspecified atom stereocenters. The van der Waals surface area contributed by atoms with Gasteiger partial charge in [0, 0.05) is 12.7 Å². The average molecular weight is 288 g/mol. The maximum absolute atomic E-state index is 12.4. The number of hydrogen-bond donors (Lipinski definition) is 2. The fourth-order valence-electron chi connectivity index (χ4n) is 2.22. The Morgan fingerprint density at radius 3 is 2.60 bits per heavy atom. The monoisotopic (exact) mass is 288 g/mol. The molecule has 0 radical (unpaired) electrons. The van der Waals surface area contributed by atoms with E-state index in [1.807, 2.05) is 13.8 Å². The quantitative estimate of drug-likeness (QED) is 0.771. The molecule has 0 saturated carbocycles. The van der Waals surface area contributed by atoms with E-state index in [2.05, 4.69) is 5.32 Å². The van der Waals surface area contributed by atoms with Gasteiger partial charge >= 0.3 is 0 Å². The van der Waals surface area contributed by atoms with Crippen LogP contribution in [0.15, 0.2) is 18.3 Å². The van der Waals surface area contributed by atoms with Gasteiger partial charge < -0.3 is 15.0 Å². The molecule has 6 heteroatoms. The number of carbonyl (C=O) groups is 1. The third-order valence-corrected chi connectivity index (χ3v) is 3.46. The van der Waals surface area contributed by atoms with E-state index >= 15 is 0 Å². The Labute approximate surface area is 117 Å². The zero-order chi connectivity index (χ0) is 15.1. The van der Waals surface area contributed by atoms with Crippen molar-refractivity contribution in [1.82, 2.24) is 9.88 Å². The first-order valence-corrected chi connectivity index (χ1v) is 6.89. The largest absolute Gasteiger partial charge is 0.391 e. The Kier molecular flexibility index (Phi) is 6.64. The van der Waals surface area contributed by atoms with Crippen LogP contribution in [0.4, 0.5) is 8.78 Å². The van der Waals surface area contributed by atoms with Crippen LogP contribution in [0, 0.1) is 5.92 Å². The Hall–Kier alpha value is -1.43. The van der Waals surface area contributed by atoms with Gasteiger partial charge in [0.2, 0.25) is 0 Å². The van der Waals surface area contributed by atoms with Crippen molar-refractivity contribution >= 4 is 5.91 Å². The number of rotatable bonds is 8. The number of alkyl halides is 2. The summed E-state index contributed by atoms with van der Waals surface area (Å²) in [5.41, 5.74) is 0.182. The van der Waals surface area contributed by atoms with Crippen LogP contribution >= 0.6 is 0 Å². The molecule has 114 valence electrons. The maximum Gasteiger partial charge on any atom is 0.267 e. The topological polar surface area (TPSA) is 54.3 Å². The highest BCUT2D eigenvalue weighted by molar-refractivity contribution is 5.92. The molecule has 0 fully saturated rings. The summed E-state index contributed by atoms with van der Waals surface area (Å²) in [7, 11) is 0. The smallest absolute Gasteiger partial charge is 0.267 e. The number of carbonyl (C=O) groups excluding carboxylic acids is 1. The molecular formula is C14H22F2N2O2. The number of aromatic nitrogens is 1. The Morgan fingerprint density at radius 2 is 2.05 bits per heavy atom. The van der Waals surface area contributed by atoms with Crippen molar-refractivity contribution < 1.29 is 18.7 Å². The molecule has 20 heavy (non-hydrogen) atoms. The lowest BCUT2D eigenvalue weighted by molar-refractivity contribution is 0.0802. The van der Waals surface area contributed by atoms with Gasteiger partial charge in [0.1, 0.15) is 5.69 Å². The van der Waals surface area contributed by atoms with Crippen molar-refractivity contribution in [3.05, 3.63) is 24.0 Å². The number of aliphatic hydroxyl groups is 1. The minimum absolute atomic E-state index is 0.128. The summed E-state index contributed by atoms with van der Waals surface area (Å²) >= 11 is 0. The highest BCUT2D eigenvalue weighted by atomic mass is 19.3. The van der Waals surface area contributed by atoms with E-state index in [1.165, 1.54) is 16.8 Å². The van der Waals surface area contributed by atoms with Crippen molar-refractivity contribution in [2.45, 2.75) is 45.8 Å². The fraction of sp³-hybridized carbons (Fsp3) is 0.643. The van der Waals surface area contributed by atoms with Gasteiger partial charge in [-0.2, -0.15) is 0 Å². The first-order valence-electron chi connectivity index (χ1n) is 6.89. The molecule has 1 amide bonds. The summed E-state index contributed by atoms with van der Waals surface area (Å²) in [6, 6.07) is 3.04. The number of amides is 1. The average Bonchev–Trinajstić information content (AvgIpc) is 2.84. The van der Waals surface area contributed by atoms with E-state index in [4.69, 9.17) is 0 Å². The van der Waals surface area contributed by atoms with E-state index in [0.717, 1.165) is 12.8 Å². The van der Waals surface area contributed by atoms with Crippen molar-refractivity contribution in [2.75, 3.05) is 6.54 Å². The summed E-state index contributed by atoms with van der Waals surface area (Å²) < 4.78 is 25.9. The van der Waals surface area contributed by atoms with E-state index in [9.17, 15) is 18.7 Å².